The number of oxazole rings is 1. The highest BCUT2D eigenvalue weighted by molar-refractivity contribution is 14.0. The molecule has 6 nitrogen and oxygen atoms in total. The van der Waals surface area contributed by atoms with Crippen molar-refractivity contribution in [3.63, 3.8) is 0 Å². The first-order chi connectivity index (χ1) is 11.7. The Hall–Kier alpha value is -1.13. The van der Waals surface area contributed by atoms with E-state index in [9.17, 15) is 5.11 Å². The molecule has 0 saturated heterocycles. The van der Waals surface area contributed by atoms with E-state index in [1.807, 2.05) is 24.4 Å². The van der Waals surface area contributed by atoms with Gasteiger partial charge in [0.05, 0.1) is 17.5 Å². The number of nitrogens with zero attached hydrogens (tertiary/aromatic N) is 2. The highest BCUT2D eigenvalue weighted by Crippen LogP contribution is 2.23. The minimum absolute atomic E-state index is 0. The maximum atomic E-state index is 9.61. The Morgan fingerprint density at radius 1 is 1.40 bits per heavy atom. The largest absolute Gasteiger partial charge is 0.443 e. The van der Waals surface area contributed by atoms with E-state index in [4.69, 9.17) is 4.42 Å². The van der Waals surface area contributed by atoms with Crippen molar-refractivity contribution >= 4 is 41.3 Å². The molecule has 1 fully saturated rings. The van der Waals surface area contributed by atoms with E-state index in [0.717, 1.165) is 48.8 Å². The molecule has 25 heavy (non-hydrogen) atoms. The Morgan fingerprint density at radius 3 is 2.88 bits per heavy atom. The standard InChI is InChI=1S/C17H24N4O2S.HI/c1-2-18-17(21-12-5-7-14(22)8-6-12)19-10-13-11-23-16(20-13)15-4-3-9-24-15;/h3-4,9,11-12,14,22H,2,5-8,10H2,1H3,(H2,18,19,21);1H. The van der Waals surface area contributed by atoms with Crippen LogP contribution in [0.4, 0.5) is 0 Å². The Labute approximate surface area is 169 Å². The van der Waals surface area contributed by atoms with Crippen molar-refractivity contribution in [2.45, 2.75) is 51.3 Å². The van der Waals surface area contributed by atoms with Gasteiger partial charge in [-0.05, 0) is 44.1 Å². The van der Waals surface area contributed by atoms with Gasteiger partial charge in [-0.1, -0.05) is 6.07 Å². The van der Waals surface area contributed by atoms with E-state index in [0.29, 0.717) is 18.5 Å². The molecule has 8 heteroatoms. The zero-order valence-corrected chi connectivity index (χ0v) is 17.4. The van der Waals surface area contributed by atoms with Gasteiger partial charge in [0.1, 0.15) is 12.0 Å². The number of guanidine groups is 1. The summed E-state index contributed by atoms with van der Waals surface area (Å²) in [7, 11) is 0. The molecule has 0 atom stereocenters. The van der Waals surface area contributed by atoms with E-state index < -0.39 is 0 Å². The first kappa shape index (κ1) is 20.2. The number of hydrogen-bond donors (Lipinski definition) is 3. The lowest BCUT2D eigenvalue weighted by molar-refractivity contribution is 0.120. The normalized spacial score (nSPS) is 20.8. The first-order valence-electron chi connectivity index (χ1n) is 8.45. The summed E-state index contributed by atoms with van der Waals surface area (Å²) in [6, 6.07) is 4.34. The molecule has 3 N–H and O–H groups in total. The molecule has 1 aliphatic carbocycles. The molecular formula is C17H25IN4O2S. The van der Waals surface area contributed by atoms with Gasteiger partial charge in [0.25, 0.3) is 0 Å². The van der Waals surface area contributed by atoms with Crippen LogP contribution >= 0.6 is 35.3 Å². The minimum Gasteiger partial charge on any atom is -0.443 e. The lowest BCUT2D eigenvalue weighted by Gasteiger charge is -2.27. The summed E-state index contributed by atoms with van der Waals surface area (Å²) in [5, 5.41) is 18.3. The van der Waals surface area contributed by atoms with Gasteiger partial charge in [-0.2, -0.15) is 0 Å². The number of rotatable bonds is 5. The van der Waals surface area contributed by atoms with Crippen LogP contribution in [0.15, 0.2) is 33.2 Å². The number of aromatic nitrogens is 1. The van der Waals surface area contributed by atoms with Crippen molar-refractivity contribution in [2.75, 3.05) is 6.54 Å². The molecular weight excluding hydrogens is 451 g/mol. The third-order valence-corrected chi connectivity index (χ3v) is 4.92. The highest BCUT2D eigenvalue weighted by atomic mass is 127. The second-order valence-corrected chi connectivity index (χ2v) is 6.91. The van der Waals surface area contributed by atoms with Crippen LogP contribution in [-0.4, -0.2) is 34.7 Å². The monoisotopic (exact) mass is 476 g/mol. The van der Waals surface area contributed by atoms with Gasteiger partial charge < -0.3 is 20.2 Å². The van der Waals surface area contributed by atoms with Crippen LogP contribution in [0.1, 0.15) is 38.3 Å². The van der Waals surface area contributed by atoms with Crippen LogP contribution in [0, 0.1) is 0 Å². The van der Waals surface area contributed by atoms with Gasteiger partial charge in [-0.3, -0.25) is 0 Å². The average molecular weight is 476 g/mol. The fourth-order valence-corrected chi connectivity index (χ4v) is 3.44. The van der Waals surface area contributed by atoms with Gasteiger partial charge >= 0.3 is 0 Å². The van der Waals surface area contributed by atoms with Gasteiger partial charge in [-0.15, -0.1) is 35.3 Å². The van der Waals surface area contributed by atoms with Crippen LogP contribution < -0.4 is 10.6 Å². The topological polar surface area (TPSA) is 82.7 Å². The van der Waals surface area contributed by atoms with Crippen LogP contribution in [0.25, 0.3) is 10.8 Å². The van der Waals surface area contributed by atoms with Crippen LogP contribution in [0.5, 0.6) is 0 Å². The predicted octanol–water partition coefficient (Wildman–Crippen LogP) is 3.38. The molecule has 3 rings (SSSR count). The smallest absolute Gasteiger partial charge is 0.236 e. The van der Waals surface area contributed by atoms with E-state index in [1.54, 1.807) is 17.6 Å². The quantitative estimate of drug-likeness (QED) is 0.350. The molecule has 1 aliphatic rings. The number of nitrogens with one attached hydrogen (secondary N) is 2. The minimum atomic E-state index is -0.145. The molecule has 2 aromatic heterocycles. The summed E-state index contributed by atoms with van der Waals surface area (Å²) in [5.74, 6) is 1.44. The summed E-state index contributed by atoms with van der Waals surface area (Å²) < 4.78 is 5.52. The summed E-state index contributed by atoms with van der Waals surface area (Å²) in [5.41, 5.74) is 0.815. The van der Waals surface area contributed by atoms with E-state index in [1.165, 1.54) is 0 Å². The van der Waals surface area contributed by atoms with E-state index in [2.05, 4.69) is 20.6 Å². The van der Waals surface area contributed by atoms with Crippen molar-refractivity contribution < 1.29 is 9.52 Å². The molecule has 0 unspecified atom stereocenters. The van der Waals surface area contributed by atoms with Gasteiger partial charge in [0.2, 0.25) is 5.89 Å². The molecule has 0 aromatic carbocycles. The first-order valence-corrected chi connectivity index (χ1v) is 9.33. The van der Waals surface area contributed by atoms with Crippen molar-refractivity contribution in [3.05, 3.63) is 29.5 Å². The number of hydrogen-bond acceptors (Lipinski definition) is 5. The number of halogens is 1. The molecule has 138 valence electrons. The fraction of sp³-hybridized carbons (Fsp3) is 0.529. The Balaban J connectivity index is 0.00000225. The molecule has 1 saturated carbocycles. The lowest BCUT2D eigenvalue weighted by atomic mass is 9.93. The second-order valence-electron chi connectivity index (χ2n) is 5.97. The fourth-order valence-electron chi connectivity index (χ4n) is 2.79. The summed E-state index contributed by atoms with van der Waals surface area (Å²) in [6.07, 6.45) is 5.16. The van der Waals surface area contributed by atoms with E-state index >= 15 is 0 Å². The van der Waals surface area contributed by atoms with Crippen molar-refractivity contribution in [1.29, 1.82) is 0 Å². The van der Waals surface area contributed by atoms with Crippen LogP contribution in [0.3, 0.4) is 0 Å². The number of aliphatic hydroxyl groups excluding tert-OH is 1. The van der Waals surface area contributed by atoms with Gasteiger partial charge in [-0.25, -0.2) is 9.98 Å². The average Bonchev–Trinajstić information content (AvgIpc) is 3.26. The molecule has 2 heterocycles. The SMILES string of the molecule is CCNC(=NCc1coc(-c2cccs2)n1)NC1CCC(O)CC1.I. The van der Waals surface area contributed by atoms with Crippen LogP contribution in [0.2, 0.25) is 0 Å². The molecule has 0 amide bonds. The number of aliphatic imine (C=N–C) groups is 1. The van der Waals surface area contributed by atoms with Gasteiger partial charge in [0.15, 0.2) is 5.96 Å². The second kappa shape index (κ2) is 10.1. The molecule has 0 spiro atoms. The predicted molar refractivity (Wildman–Crippen MR) is 111 cm³/mol. The third kappa shape index (κ3) is 5.96. The molecule has 0 radical (unpaired) electrons. The Bertz CT molecular complexity index is 651. The lowest BCUT2D eigenvalue weighted by Crippen LogP contribution is -2.45. The Morgan fingerprint density at radius 2 is 2.20 bits per heavy atom. The maximum Gasteiger partial charge on any atom is 0.236 e. The maximum absolute atomic E-state index is 9.61. The molecule has 0 aliphatic heterocycles. The molecule has 2 aromatic rings. The number of thiophene rings is 1. The Kier molecular flexibility index (Phi) is 8.17. The highest BCUT2D eigenvalue weighted by Gasteiger charge is 2.20. The summed E-state index contributed by atoms with van der Waals surface area (Å²) in [6.45, 7) is 3.33. The van der Waals surface area contributed by atoms with Gasteiger partial charge in [0, 0.05) is 12.6 Å². The van der Waals surface area contributed by atoms with E-state index in [-0.39, 0.29) is 30.1 Å². The molecule has 0 bridgehead atoms. The number of aliphatic hydroxyl groups is 1. The van der Waals surface area contributed by atoms with Crippen molar-refractivity contribution in [1.82, 2.24) is 15.6 Å². The zero-order chi connectivity index (χ0) is 16.8. The van der Waals surface area contributed by atoms with Crippen molar-refractivity contribution in [3.8, 4) is 10.8 Å². The zero-order valence-electron chi connectivity index (χ0n) is 14.3. The van der Waals surface area contributed by atoms with Crippen molar-refractivity contribution in [2.24, 2.45) is 4.99 Å². The summed E-state index contributed by atoms with van der Waals surface area (Å²) in [4.78, 5) is 10.1. The summed E-state index contributed by atoms with van der Waals surface area (Å²) >= 11 is 1.61. The van der Waals surface area contributed by atoms with Crippen LogP contribution in [-0.2, 0) is 6.54 Å². The third-order valence-electron chi connectivity index (χ3n) is 4.06.